The molecule has 6 rings (SSSR count). The van der Waals surface area contributed by atoms with Crippen molar-refractivity contribution in [2.75, 3.05) is 19.8 Å². The maximum Gasteiger partial charge on any atom is 0.239 e. The number of phenolic OH excluding ortho intramolecular Hbond substituents is 2. The minimum atomic E-state index is -2.03. The minimum Gasteiger partial charge on any atom is -0.508 e. The van der Waals surface area contributed by atoms with Crippen LogP contribution in [0, 0.1) is 0 Å². The summed E-state index contributed by atoms with van der Waals surface area (Å²) >= 11 is 0. The highest BCUT2D eigenvalue weighted by atomic mass is 16.7. The fraction of sp³-hybridized carbons (Fsp3) is 0.545. The van der Waals surface area contributed by atoms with Crippen molar-refractivity contribution in [3.05, 3.63) is 46.6 Å². The molecular weight excluding hydrogens is 732 g/mol. The summed E-state index contributed by atoms with van der Waals surface area (Å²) in [5.74, 6) is -2.25. The monoisotopic (exact) mass is 772 g/mol. The Kier molecular flexibility index (Phi) is 11.9. The Morgan fingerprint density at radius 2 is 1.09 bits per heavy atom. The number of rotatable bonds is 10. The molecule has 3 saturated heterocycles. The van der Waals surface area contributed by atoms with Crippen molar-refractivity contribution in [2.45, 2.75) is 92.1 Å². The lowest BCUT2D eigenvalue weighted by atomic mass is 9.98. The Morgan fingerprint density at radius 3 is 1.67 bits per heavy atom. The van der Waals surface area contributed by atoms with Gasteiger partial charge in [-0.05, 0) is 24.3 Å². The van der Waals surface area contributed by atoms with E-state index in [9.17, 15) is 71.2 Å². The van der Waals surface area contributed by atoms with Gasteiger partial charge in [0.1, 0.15) is 101 Å². The average Bonchev–Trinajstić information content (AvgIpc) is 3.15. The zero-order valence-electron chi connectivity index (χ0n) is 27.8. The van der Waals surface area contributed by atoms with Crippen LogP contribution in [0.25, 0.3) is 22.3 Å². The Labute approximate surface area is 303 Å². The normalized spacial score (nSPS) is 37.3. The van der Waals surface area contributed by atoms with Gasteiger partial charge < -0.3 is 99.2 Å². The Bertz CT molecular complexity index is 1800. The molecule has 3 aromatic rings. The number of aliphatic hydroxyl groups excluding tert-OH is 11. The lowest BCUT2D eigenvalue weighted by Crippen LogP contribution is -2.62. The Morgan fingerprint density at radius 1 is 0.593 bits per heavy atom. The van der Waals surface area contributed by atoms with Crippen molar-refractivity contribution in [1.29, 1.82) is 0 Å². The minimum absolute atomic E-state index is 0.0226. The number of ether oxygens (including phenoxy) is 6. The molecule has 3 aliphatic heterocycles. The smallest absolute Gasteiger partial charge is 0.239 e. The summed E-state index contributed by atoms with van der Waals surface area (Å²) in [5, 5.41) is 132. The van der Waals surface area contributed by atoms with Crippen LogP contribution in [0.15, 0.2) is 45.6 Å². The van der Waals surface area contributed by atoms with Crippen LogP contribution >= 0.6 is 0 Å². The highest BCUT2D eigenvalue weighted by Gasteiger charge is 2.49. The van der Waals surface area contributed by atoms with Gasteiger partial charge in [-0.1, -0.05) is 0 Å². The number of hydrogen-bond acceptors (Lipinski definition) is 21. The highest BCUT2D eigenvalue weighted by molar-refractivity contribution is 5.88. The average molecular weight is 773 g/mol. The first kappa shape index (κ1) is 39.9. The van der Waals surface area contributed by atoms with E-state index in [1.807, 2.05) is 0 Å². The lowest BCUT2D eigenvalue weighted by molar-refractivity contribution is -0.323. The molecule has 4 heterocycles. The maximum atomic E-state index is 13.9. The number of aromatic hydroxyl groups is 2. The predicted octanol–water partition coefficient (Wildman–Crippen LogP) is -4.95. The van der Waals surface area contributed by atoms with E-state index in [0.29, 0.717) is 0 Å². The summed E-state index contributed by atoms with van der Waals surface area (Å²) in [7, 11) is 0. The van der Waals surface area contributed by atoms with E-state index in [2.05, 4.69) is 0 Å². The van der Waals surface area contributed by atoms with Gasteiger partial charge in [0.25, 0.3) is 0 Å². The zero-order chi connectivity index (χ0) is 39.2. The standard InChI is InChI=1S/C33H40O21/c34-7-15-19(38)23(42)26(45)31(51-15)48-9-17-21(40)25(44)28(47)33(53-17)54-30-22(41)18-13(37)5-11(36)6-14(18)50-29(30)10-1-3-12(4-2-10)49-32-27(46)24(43)20(39)16(8-35)52-32/h1-6,15-17,19-21,23-28,31-40,42-47H,7-9H2/t15-,16-,17-,19-,20-,21-,23+,24+,25+,26-,27-,28+,31-,32+,33+/m1/s1. The van der Waals surface area contributed by atoms with E-state index < -0.39 is 140 Å². The van der Waals surface area contributed by atoms with E-state index in [-0.39, 0.29) is 22.7 Å². The van der Waals surface area contributed by atoms with Crippen LogP contribution in [-0.4, -0.2) is 178 Å². The van der Waals surface area contributed by atoms with Crippen LogP contribution in [0.5, 0.6) is 23.0 Å². The molecule has 0 amide bonds. The molecule has 54 heavy (non-hydrogen) atoms. The molecule has 3 aliphatic rings. The molecule has 21 heteroatoms. The summed E-state index contributed by atoms with van der Waals surface area (Å²) in [6.07, 6.45) is -25.5. The Balaban J connectivity index is 1.28. The van der Waals surface area contributed by atoms with Gasteiger partial charge in [-0.2, -0.15) is 0 Å². The maximum absolute atomic E-state index is 13.9. The van der Waals surface area contributed by atoms with Crippen molar-refractivity contribution in [3.63, 3.8) is 0 Å². The molecule has 2 aromatic carbocycles. The van der Waals surface area contributed by atoms with Gasteiger partial charge in [0.05, 0.1) is 19.8 Å². The van der Waals surface area contributed by atoms with E-state index >= 15 is 0 Å². The third-order valence-electron chi connectivity index (χ3n) is 9.31. The van der Waals surface area contributed by atoms with Gasteiger partial charge in [0, 0.05) is 17.7 Å². The van der Waals surface area contributed by atoms with Gasteiger partial charge >= 0.3 is 0 Å². The number of hydrogen-bond donors (Lipinski definition) is 13. The predicted molar refractivity (Wildman–Crippen MR) is 173 cm³/mol. The van der Waals surface area contributed by atoms with E-state index in [1.54, 1.807) is 0 Å². The van der Waals surface area contributed by atoms with Crippen molar-refractivity contribution in [1.82, 2.24) is 0 Å². The van der Waals surface area contributed by atoms with E-state index in [1.165, 1.54) is 24.3 Å². The van der Waals surface area contributed by atoms with Gasteiger partial charge in [0.15, 0.2) is 12.1 Å². The molecule has 1 aromatic heterocycles. The number of fused-ring (bicyclic) bond motifs is 1. The van der Waals surface area contributed by atoms with Crippen LogP contribution in [0.2, 0.25) is 0 Å². The molecule has 0 bridgehead atoms. The molecule has 0 spiro atoms. The molecule has 0 radical (unpaired) electrons. The van der Waals surface area contributed by atoms with Gasteiger partial charge in [0.2, 0.25) is 23.8 Å². The molecule has 0 unspecified atom stereocenters. The summed E-state index contributed by atoms with van der Waals surface area (Å²) in [6, 6.07) is 7.15. The summed E-state index contributed by atoms with van der Waals surface area (Å²) < 4.78 is 39.0. The molecule has 15 atom stereocenters. The number of phenols is 2. The molecule has 0 aliphatic carbocycles. The summed E-state index contributed by atoms with van der Waals surface area (Å²) in [6.45, 7) is -2.16. The second-order valence-corrected chi connectivity index (χ2v) is 12.9. The fourth-order valence-corrected chi connectivity index (χ4v) is 6.21. The van der Waals surface area contributed by atoms with E-state index in [0.717, 1.165) is 12.1 Å². The van der Waals surface area contributed by atoms with Gasteiger partial charge in [-0.15, -0.1) is 0 Å². The molecular formula is C33H40O21. The van der Waals surface area contributed by atoms with Crippen molar-refractivity contribution >= 4 is 11.0 Å². The summed E-state index contributed by atoms with van der Waals surface area (Å²) in [4.78, 5) is 13.9. The zero-order valence-corrected chi connectivity index (χ0v) is 27.8. The largest absolute Gasteiger partial charge is 0.508 e. The van der Waals surface area contributed by atoms with Gasteiger partial charge in [-0.3, -0.25) is 4.79 Å². The van der Waals surface area contributed by atoms with Crippen LogP contribution < -0.4 is 14.9 Å². The summed E-state index contributed by atoms with van der Waals surface area (Å²) in [5.41, 5.74) is -1.29. The fourth-order valence-electron chi connectivity index (χ4n) is 6.21. The topological polar surface area (TPSA) is 349 Å². The molecule has 298 valence electrons. The first-order valence-electron chi connectivity index (χ1n) is 16.5. The molecule has 3 fully saturated rings. The quantitative estimate of drug-likeness (QED) is 0.0918. The first-order chi connectivity index (χ1) is 25.6. The third-order valence-corrected chi connectivity index (χ3v) is 9.31. The second kappa shape index (κ2) is 16.2. The molecule has 13 N–H and O–H groups in total. The van der Waals surface area contributed by atoms with Crippen LogP contribution in [-0.2, 0) is 18.9 Å². The van der Waals surface area contributed by atoms with Crippen LogP contribution in [0.4, 0.5) is 0 Å². The van der Waals surface area contributed by atoms with Crippen molar-refractivity contribution in [2.24, 2.45) is 0 Å². The van der Waals surface area contributed by atoms with E-state index in [4.69, 9.17) is 32.8 Å². The molecule has 21 nitrogen and oxygen atoms in total. The SMILES string of the molecule is O=c1c(O[C@@H]2O[C@H](CO[C@@H]3O[C@H](CO)[C@@H](O)[C@H](O)[C@H]3O)[C@@H](O)[C@H](O)[C@@H]2O)c(-c2ccc(O[C@H]3O[C@H](CO)[C@@H](O)[C@H](O)[C@H]3O)cc2)oc2cc(O)cc(O)c12. The highest BCUT2D eigenvalue weighted by Crippen LogP contribution is 2.38. The third kappa shape index (κ3) is 7.58. The van der Waals surface area contributed by atoms with Gasteiger partial charge in [-0.25, -0.2) is 0 Å². The Hall–Kier alpha value is -3.75. The lowest BCUT2D eigenvalue weighted by Gasteiger charge is -2.42. The van der Waals surface area contributed by atoms with Crippen LogP contribution in [0.1, 0.15) is 0 Å². The number of aliphatic hydroxyl groups is 11. The first-order valence-corrected chi connectivity index (χ1v) is 16.5. The van der Waals surface area contributed by atoms with Crippen molar-refractivity contribution in [3.8, 4) is 34.3 Å². The molecule has 0 saturated carbocycles. The second-order valence-electron chi connectivity index (χ2n) is 12.9. The number of benzene rings is 2. The van der Waals surface area contributed by atoms with Crippen molar-refractivity contribution < 1.29 is 99.2 Å². The van der Waals surface area contributed by atoms with Crippen LogP contribution in [0.3, 0.4) is 0 Å².